The summed E-state index contributed by atoms with van der Waals surface area (Å²) in [4.78, 5) is 23.0. The van der Waals surface area contributed by atoms with Gasteiger partial charge in [0.15, 0.2) is 5.82 Å². The Hall–Kier alpha value is -2.63. The first kappa shape index (κ1) is 15.3. The van der Waals surface area contributed by atoms with Crippen molar-refractivity contribution in [3.8, 4) is 17.1 Å². The molecular weight excluding hydrogens is 294 g/mol. The third kappa shape index (κ3) is 3.11. The molecule has 0 amide bonds. The largest absolute Gasteiger partial charge is 0.507 e. The van der Waals surface area contributed by atoms with Crippen LogP contribution in [0, 0.1) is 0 Å². The second kappa shape index (κ2) is 6.64. The second-order valence-corrected chi connectivity index (χ2v) is 5.36. The van der Waals surface area contributed by atoms with E-state index in [4.69, 9.17) is 4.74 Å². The molecule has 0 aliphatic carbocycles. The molecule has 0 unspecified atom stereocenters. The van der Waals surface area contributed by atoms with E-state index in [0.29, 0.717) is 29.4 Å². The minimum atomic E-state index is -0.418. The maximum Gasteiger partial charge on any atom is 0.343 e. The lowest BCUT2D eigenvalue weighted by molar-refractivity contribution is 0.0526. The molecule has 2 aromatic rings. The van der Waals surface area contributed by atoms with E-state index >= 15 is 0 Å². The quantitative estimate of drug-likeness (QED) is 0.875. The molecule has 1 aromatic carbocycles. The summed E-state index contributed by atoms with van der Waals surface area (Å²) in [5, 5.41) is 10.00. The number of aromatic hydroxyl groups is 1. The van der Waals surface area contributed by atoms with E-state index in [2.05, 4.69) is 14.9 Å². The lowest BCUT2D eigenvalue weighted by Gasteiger charge is -2.19. The van der Waals surface area contributed by atoms with Gasteiger partial charge < -0.3 is 14.7 Å². The van der Waals surface area contributed by atoms with Crippen LogP contribution in [0.3, 0.4) is 0 Å². The zero-order valence-corrected chi connectivity index (χ0v) is 13.0. The van der Waals surface area contributed by atoms with E-state index in [9.17, 15) is 9.90 Å². The van der Waals surface area contributed by atoms with Crippen LogP contribution >= 0.6 is 0 Å². The molecule has 0 spiro atoms. The van der Waals surface area contributed by atoms with Crippen LogP contribution < -0.4 is 4.90 Å². The number of carbonyl (C=O) groups excluding carboxylic acids is 1. The predicted molar refractivity (Wildman–Crippen MR) is 86.5 cm³/mol. The van der Waals surface area contributed by atoms with E-state index in [1.54, 1.807) is 25.1 Å². The van der Waals surface area contributed by atoms with Gasteiger partial charge in [0.05, 0.1) is 12.2 Å². The minimum Gasteiger partial charge on any atom is -0.507 e. The van der Waals surface area contributed by atoms with E-state index < -0.39 is 5.97 Å². The van der Waals surface area contributed by atoms with E-state index in [1.807, 2.05) is 6.07 Å². The average molecular weight is 313 g/mol. The van der Waals surface area contributed by atoms with Crippen LogP contribution in [0.1, 0.15) is 30.1 Å². The summed E-state index contributed by atoms with van der Waals surface area (Å²) in [7, 11) is 0. The van der Waals surface area contributed by atoms with Crippen molar-refractivity contribution in [1.82, 2.24) is 9.97 Å². The highest BCUT2D eigenvalue weighted by atomic mass is 16.5. The molecule has 1 aromatic heterocycles. The van der Waals surface area contributed by atoms with Crippen molar-refractivity contribution in [2.75, 3.05) is 24.6 Å². The number of para-hydroxylation sites is 1. The topological polar surface area (TPSA) is 75.5 Å². The average Bonchev–Trinajstić information content (AvgIpc) is 3.09. The molecule has 0 bridgehead atoms. The Balaban J connectivity index is 2.06. The molecule has 0 radical (unpaired) electrons. The van der Waals surface area contributed by atoms with Crippen molar-refractivity contribution in [3.05, 3.63) is 36.0 Å². The van der Waals surface area contributed by atoms with E-state index in [0.717, 1.165) is 25.9 Å². The third-order valence-electron chi connectivity index (χ3n) is 3.81. The zero-order valence-electron chi connectivity index (χ0n) is 13.0. The summed E-state index contributed by atoms with van der Waals surface area (Å²) >= 11 is 0. The number of nitrogens with zero attached hydrogens (tertiary/aromatic N) is 3. The summed E-state index contributed by atoms with van der Waals surface area (Å²) in [6.45, 7) is 3.78. The van der Waals surface area contributed by atoms with Gasteiger partial charge in [-0.2, -0.15) is 0 Å². The van der Waals surface area contributed by atoms with Crippen LogP contribution in [0.2, 0.25) is 0 Å². The number of benzene rings is 1. The first-order chi connectivity index (χ1) is 11.2. The van der Waals surface area contributed by atoms with Crippen molar-refractivity contribution in [1.29, 1.82) is 0 Å². The summed E-state index contributed by atoms with van der Waals surface area (Å²) < 4.78 is 5.10. The Bertz CT molecular complexity index is 712. The maximum absolute atomic E-state index is 12.2. The standard InChI is InChI=1S/C17H19N3O3/c1-2-23-17(22)13-11-18-15(12-7-3-4-8-14(12)21)19-16(13)20-9-5-6-10-20/h3-4,7-8,11,21H,2,5-6,9-10H2,1H3. The van der Waals surface area contributed by atoms with Gasteiger partial charge in [-0.3, -0.25) is 0 Å². The fraction of sp³-hybridized carbons (Fsp3) is 0.353. The van der Waals surface area contributed by atoms with Gasteiger partial charge in [0.2, 0.25) is 0 Å². The molecule has 0 saturated carbocycles. The minimum absolute atomic E-state index is 0.115. The van der Waals surface area contributed by atoms with Gasteiger partial charge in [0.1, 0.15) is 17.1 Å². The van der Waals surface area contributed by atoms with Gasteiger partial charge in [-0.1, -0.05) is 12.1 Å². The van der Waals surface area contributed by atoms with Gasteiger partial charge in [0, 0.05) is 19.3 Å². The smallest absolute Gasteiger partial charge is 0.343 e. The number of hydrogen-bond donors (Lipinski definition) is 1. The van der Waals surface area contributed by atoms with Crippen LogP contribution in [-0.4, -0.2) is 40.7 Å². The lowest BCUT2D eigenvalue weighted by atomic mass is 10.2. The lowest BCUT2D eigenvalue weighted by Crippen LogP contribution is -2.23. The van der Waals surface area contributed by atoms with Crippen LogP contribution in [0.25, 0.3) is 11.4 Å². The number of esters is 1. The molecule has 2 heterocycles. The Morgan fingerprint density at radius 3 is 2.74 bits per heavy atom. The first-order valence-electron chi connectivity index (χ1n) is 7.78. The molecule has 1 saturated heterocycles. The number of hydrogen-bond acceptors (Lipinski definition) is 6. The number of anilines is 1. The molecule has 6 heteroatoms. The van der Waals surface area contributed by atoms with Crippen LogP contribution in [-0.2, 0) is 4.74 Å². The number of phenols is 1. The number of carbonyl (C=O) groups is 1. The van der Waals surface area contributed by atoms with Gasteiger partial charge in [-0.25, -0.2) is 14.8 Å². The number of phenolic OH excluding ortho intramolecular Hbond substituents is 1. The molecule has 1 fully saturated rings. The zero-order chi connectivity index (χ0) is 16.2. The summed E-state index contributed by atoms with van der Waals surface area (Å²) in [5.41, 5.74) is 0.913. The number of aromatic nitrogens is 2. The molecule has 120 valence electrons. The van der Waals surface area contributed by atoms with Gasteiger partial charge in [0.25, 0.3) is 0 Å². The van der Waals surface area contributed by atoms with E-state index in [-0.39, 0.29) is 5.75 Å². The number of rotatable bonds is 4. The summed E-state index contributed by atoms with van der Waals surface area (Å²) in [6, 6.07) is 6.90. The highest BCUT2D eigenvalue weighted by Crippen LogP contribution is 2.29. The first-order valence-corrected chi connectivity index (χ1v) is 7.78. The molecule has 3 rings (SSSR count). The highest BCUT2D eigenvalue weighted by molar-refractivity contribution is 5.95. The van der Waals surface area contributed by atoms with Crippen molar-refractivity contribution in [2.24, 2.45) is 0 Å². The van der Waals surface area contributed by atoms with Gasteiger partial charge in [-0.15, -0.1) is 0 Å². The van der Waals surface area contributed by atoms with Crippen molar-refractivity contribution in [2.45, 2.75) is 19.8 Å². The molecular formula is C17H19N3O3. The van der Waals surface area contributed by atoms with Crippen LogP contribution in [0.5, 0.6) is 5.75 Å². The Morgan fingerprint density at radius 1 is 1.30 bits per heavy atom. The molecule has 0 atom stereocenters. The van der Waals surface area contributed by atoms with E-state index in [1.165, 1.54) is 6.20 Å². The molecule has 1 aliphatic rings. The van der Waals surface area contributed by atoms with Crippen molar-refractivity contribution >= 4 is 11.8 Å². The van der Waals surface area contributed by atoms with Crippen LogP contribution in [0.15, 0.2) is 30.5 Å². The predicted octanol–water partition coefficient (Wildman–Crippen LogP) is 2.63. The van der Waals surface area contributed by atoms with Crippen molar-refractivity contribution in [3.63, 3.8) is 0 Å². The normalized spacial score (nSPS) is 14.0. The summed E-state index contributed by atoms with van der Waals surface area (Å²) in [5.74, 6) is 0.675. The Morgan fingerprint density at radius 2 is 2.04 bits per heavy atom. The SMILES string of the molecule is CCOC(=O)c1cnc(-c2ccccc2O)nc1N1CCCC1. The second-order valence-electron chi connectivity index (χ2n) is 5.36. The fourth-order valence-electron chi connectivity index (χ4n) is 2.69. The molecule has 1 N–H and O–H groups in total. The van der Waals surface area contributed by atoms with Gasteiger partial charge >= 0.3 is 5.97 Å². The highest BCUT2D eigenvalue weighted by Gasteiger charge is 2.23. The molecule has 23 heavy (non-hydrogen) atoms. The summed E-state index contributed by atoms with van der Waals surface area (Å²) in [6.07, 6.45) is 3.62. The third-order valence-corrected chi connectivity index (χ3v) is 3.81. The molecule has 1 aliphatic heterocycles. The maximum atomic E-state index is 12.2. The monoisotopic (exact) mass is 313 g/mol. The van der Waals surface area contributed by atoms with Crippen LogP contribution in [0.4, 0.5) is 5.82 Å². The Kier molecular flexibility index (Phi) is 4.41. The molecule has 6 nitrogen and oxygen atoms in total. The van der Waals surface area contributed by atoms with Gasteiger partial charge in [-0.05, 0) is 31.9 Å². The van der Waals surface area contributed by atoms with Crippen molar-refractivity contribution < 1.29 is 14.6 Å². The number of ether oxygens (including phenoxy) is 1. The Labute approximate surface area is 134 Å². The fourth-order valence-corrected chi connectivity index (χ4v) is 2.69.